The molecule has 2 aromatic carbocycles. The van der Waals surface area contributed by atoms with E-state index >= 15 is 0 Å². The molecular weight excluding hydrogens is 386 g/mol. The summed E-state index contributed by atoms with van der Waals surface area (Å²) in [5.74, 6) is -1.03. The first-order chi connectivity index (χ1) is 12.1. The lowest BCUT2D eigenvalue weighted by molar-refractivity contribution is -0.136. The van der Waals surface area contributed by atoms with Crippen LogP contribution in [0.15, 0.2) is 70.8 Å². The number of hydrogen-bond donors (Lipinski definition) is 2. The third-order valence-electron chi connectivity index (χ3n) is 2.93. The summed E-state index contributed by atoms with van der Waals surface area (Å²) in [5.41, 5.74) is 3.39. The highest BCUT2D eigenvalue weighted by Crippen LogP contribution is 2.20. The van der Waals surface area contributed by atoms with Gasteiger partial charge < -0.3 is 10.1 Å². The molecular formula is C18H16BrN3O3. The van der Waals surface area contributed by atoms with E-state index in [1.165, 1.54) is 6.21 Å². The van der Waals surface area contributed by atoms with Gasteiger partial charge in [-0.25, -0.2) is 5.43 Å². The van der Waals surface area contributed by atoms with Crippen LogP contribution >= 0.6 is 15.9 Å². The van der Waals surface area contributed by atoms with Crippen LogP contribution in [0.2, 0.25) is 0 Å². The molecule has 0 fully saturated rings. The van der Waals surface area contributed by atoms with E-state index in [1.54, 1.807) is 54.6 Å². The fraction of sp³-hybridized carbons (Fsp3) is 0.0556. The van der Waals surface area contributed by atoms with Crippen LogP contribution in [0.25, 0.3) is 0 Å². The number of benzene rings is 2. The maximum absolute atomic E-state index is 11.8. The van der Waals surface area contributed by atoms with Crippen molar-refractivity contribution in [3.8, 4) is 5.75 Å². The largest absolute Gasteiger partial charge is 0.490 e. The summed E-state index contributed by atoms with van der Waals surface area (Å²) < 4.78 is 6.08. The molecule has 25 heavy (non-hydrogen) atoms. The predicted molar refractivity (Wildman–Crippen MR) is 101 cm³/mol. The molecule has 0 aromatic heterocycles. The Morgan fingerprint density at radius 1 is 1.16 bits per heavy atom. The quantitative estimate of drug-likeness (QED) is 0.337. The Bertz CT molecular complexity index is 806. The third-order valence-corrected chi connectivity index (χ3v) is 3.63. The first-order valence-corrected chi connectivity index (χ1v) is 8.12. The minimum atomic E-state index is -0.869. The van der Waals surface area contributed by atoms with Crippen LogP contribution in [0.1, 0.15) is 5.56 Å². The van der Waals surface area contributed by atoms with E-state index in [1.807, 2.05) is 0 Å². The van der Waals surface area contributed by atoms with Crippen LogP contribution in [0.4, 0.5) is 5.69 Å². The fourth-order valence-electron chi connectivity index (χ4n) is 1.80. The van der Waals surface area contributed by atoms with Gasteiger partial charge in [0.2, 0.25) is 0 Å². The van der Waals surface area contributed by atoms with Crippen LogP contribution in [0.5, 0.6) is 5.75 Å². The van der Waals surface area contributed by atoms with Gasteiger partial charge in [-0.05, 0) is 45.8 Å². The number of anilines is 1. The van der Waals surface area contributed by atoms with Gasteiger partial charge in [0.05, 0.1) is 11.9 Å². The number of nitrogens with one attached hydrogen (secondary N) is 2. The first-order valence-electron chi connectivity index (χ1n) is 7.33. The number of para-hydroxylation sites is 1. The number of ether oxygens (including phenoxy) is 1. The van der Waals surface area contributed by atoms with E-state index in [0.717, 1.165) is 0 Å². The van der Waals surface area contributed by atoms with Crippen LogP contribution in [0, 0.1) is 0 Å². The Labute approximate surface area is 153 Å². The predicted octanol–water partition coefficient (Wildman–Crippen LogP) is 3.10. The van der Waals surface area contributed by atoms with Crippen LogP contribution in [-0.2, 0) is 9.59 Å². The summed E-state index contributed by atoms with van der Waals surface area (Å²) in [4.78, 5) is 23.6. The van der Waals surface area contributed by atoms with E-state index in [0.29, 0.717) is 28.1 Å². The van der Waals surface area contributed by atoms with Gasteiger partial charge in [0.1, 0.15) is 12.4 Å². The van der Waals surface area contributed by atoms with Crippen LogP contribution in [-0.4, -0.2) is 24.6 Å². The van der Waals surface area contributed by atoms with Crippen molar-refractivity contribution in [3.05, 3.63) is 71.2 Å². The second-order valence-electron chi connectivity index (χ2n) is 4.81. The van der Waals surface area contributed by atoms with Crippen molar-refractivity contribution >= 4 is 39.6 Å². The summed E-state index contributed by atoms with van der Waals surface area (Å²) in [7, 11) is 0. The van der Waals surface area contributed by atoms with Crippen molar-refractivity contribution in [2.24, 2.45) is 5.10 Å². The van der Waals surface area contributed by atoms with E-state index in [-0.39, 0.29) is 0 Å². The number of rotatable bonds is 6. The van der Waals surface area contributed by atoms with Crippen molar-refractivity contribution in [1.29, 1.82) is 0 Å². The Morgan fingerprint density at radius 3 is 2.72 bits per heavy atom. The fourth-order valence-corrected chi connectivity index (χ4v) is 2.18. The molecule has 2 aromatic rings. The minimum absolute atomic E-state index is 0.395. The van der Waals surface area contributed by atoms with E-state index in [9.17, 15) is 9.59 Å². The van der Waals surface area contributed by atoms with Gasteiger partial charge in [0, 0.05) is 4.47 Å². The Balaban J connectivity index is 1.90. The lowest BCUT2D eigenvalue weighted by Gasteiger charge is -2.05. The molecule has 0 saturated heterocycles. The molecule has 7 heteroatoms. The monoisotopic (exact) mass is 401 g/mol. The average Bonchev–Trinajstić information content (AvgIpc) is 2.62. The number of hydrogen-bond acceptors (Lipinski definition) is 4. The standard InChI is InChI=1S/C18H16BrN3O3/c1-2-10-25-14-7-5-6-13(11-14)12-20-22-18(24)17(23)21-16-9-4-3-8-15(16)19/h2-9,11-12H,1,10H2,(H,21,23)(H,22,24)/b20-12-. The van der Waals surface area contributed by atoms with Gasteiger partial charge in [-0.3, -0.25) is 9.59 Å². The SMILES string of the molecule is C=CCOc1cccc(/C=N\NC(=O)C(=O)Nc2ccccc2Br)c1. The molecule has 0 radical (unpaired) electrons. The minimum Gasteiger partial charge on any atom is -0.490 e. The van der Waals surface area contributed by atoms with E-state index in [2.05, 4.69) is 38.4 Å². The number of hydrazone groups is 1. The molecule has 0 aliphatic heterocycles. The summed E-state index contributed by atoms with van der Waals surface area (Å²) in [6.45, 7) is 3.97. The molecule has 0 unspecified atom stereocenters. The Hall–Kier alpha value is -2.93. The Morgan fingerprint density at radius 2 is 1.96 bits per heavy atom. The van der Waals surface area contributed by atoms with Gasteiger partial charge in [0.25, 0.3) is 0 Å². The summed E-state index contributed by atoms with van der Waals surface area (Å²) in [6, 6.07) is 14.1. The van der Waals surface area contributed by atoms with E-state index < -0.39 is 11.8 Å². The van der Waals surface area contributed by atoms with Crippen molar-refractivity contribution in [2.45, 2.75) is 0 Å². The number of halogens is 1. The van der Waals surface area contributed by atoms with Crippen LogP contribution < -0.4 is 15.5 Å². The molecule has 0 saturated carbocycles. The lowest BCUT2D eigenvalue weighted by atomic mass is 10.2. The topological polar surface area (TPSA) is 79.8 Å². The maximum Gasteiger partial charge on any atom is 0.329 e. The van der Waals surface area contributed by atoms with Gasteiger partial charge >= 0.3 is 11.8 Å². The summed E-state index contributed by atoms with van der Waals surface area (Å²) in [5, 5.41) is 6.27. The van der Waals surface area contributed by atoms with Crippen LogP contribution in [0.3, 0.4) is 0 Å². The number of carbonyl (C=O) groups is 2. The van der Waals surface area contributed by atoms with E-state index in [4.69, 9.17) is 4.74 Å². The van der Waals surface area contributed by atoms with Gasteiger partial charge in [-0.15, -0.1) is 0 Å². The molecule has 0 aliphatic carbocycles. The molecule has 0 heterocycles. The third kappa shape index (κ3) is 5.89. The van der Waals surface area contributed by atoms with Crippen molar-refractivity contribution in [1.82, 2.24) is 5.43 Å². The molecule has 0 atom stereocenters. The summed E-state index contributed by atoms with van der Waals surface area (Å²) >= 11 is 3.29. The molecule has 128 valence electrons. The average molecular weight is 402 g/mol. The Kier molecular flexibility index (Phi) is 6.91. The summed E-state index contributed by atoms with van der Waals surface area (Å²) in [6.07, 6.45) is 3.06. The van der Waals surface area contributed by atoms with Crippen molar-refractivity contribution in [3.63, 3.8) is 0 Å². The highest BCUT2D eigenvalue weighted by molar-refractivity contribution is 9.10. The smallest absolute Gasteiger partial charge is 0.329 e. The van der Waals surface area contributed by atoms with Crippen molar-refractivity contribution < 1.29 is 14.3 Å². The second kappa shape index (κ2) is 9.39. The molecule has 0 bridgehead atoms. The molecule has 2 amide bonds. The molecule has 0 spiro atoms. The second-order valence-corrected chi connectivity index (χ2v) is 5.66. The number of amides is 2. The highest BCUT2D eigenvalue weighted by Gasteiger charge is 2.13. The van der Waals surface area contributed by atoms with Gasteiger partial charge in [-0.2, -0.15) is 5.10 Å². The van der Waals surface area contributed by atoms with Gasteiger partial charge in [0.15, 0.2) is 0 Å². The molecule has 2 N–H and O–H groups in total. The zero-order valence-electron chi connectivity index (χ0n) is 13.2. The van der Waals surface area contributed by atoms with Gasteiger partial charge in [-0.1, -0.05) is 36.9 Å². The zero-order chi connectivity index (χ0) is 18.1. The molecule has 2 rings (SSSR count). The lowest BCUT2D eigenvalue weighted by Crippen LogP contribution is -2.32. The first kappa shape index (κ1) is 18.4. The normalized spacial score (nSPS) is 10.3. The molecule has 6 nitrogen and oxygen atoms in total. The highest BCUT2D eigenvalue weighted by atomic mass is 79.9. The molecule has 0 aliphatic rings. The number of nitrogens with zero attached hydrogens (tertiary/aromatic N) is 1. The number of carbonyl (C=O) groups excluding carboxylic acids is 2. The zero-order valence-corrected chi connectivity index (χ0v) is 14.8. The van der Waals surface area contributed by atoms with Crippen molar-refractivity contribution in [2.75, 3.05) is 11.9 Å². The maximum atomic E-state index is 11.8.